The molecule has 3 N–H and O–H groups in total. The van der Waals surface area contributed by atoms with Crippen molar-refractivity contribution in [3.8, 4) is 0 Å². The number of aliphatic hydroxyl groups is 3. The van der Waals surface area contributed by atoms with Gasteiger partial charge in [-0.3, -0.25) is 0 Å². The molecule has 0 aliphatic heterocycles. The topological polar surface area (TPSA) is 87.0 Å². The molecule has 0 saturated carbocycles. The predicted molar refractivity (Wildman–Crippen MR) is 81.8 cm³/mol. The van der Waals surface area contributed by atoms with Gasteiger partial charge in [-0.05, 0) is 40.0 Å². The molecule has 0 amide bonds. The normalized spacial score (nSPS) is 12.9. The molecule has 5 nitrogen and oxygen atoms in total. The number of hydrogen-bond acceptors (Lipinski definition) is 5. The number of ether oxygens (including phenoxy) is 1. The number of esters is 1. The van der Waals surface area contributed by atoms with E-state index < -0.39 is 11.5 Å². The average molecular weight is 302 g/mol. The number of aliphatic hydroxyl groups excluding tert-OH is 3. The van der Waals surface area contributed by atoms with E-state index in [4.69, 9.17) is 4.74 Å². The maximum atomic E-state index is 11.8. The van der Waals surface area contributed by atoms with Crippen molar-refractivity contribution in [2.75, 3.05) is 19.8 Å². The molecule has 0 aromatic heterocycles. The molecule has 0 fully saturated rings. The first-order chi connectivity index (χ1) is 9.79. The lowest BCUT2D eigenvalue weighted by Crippen LogP contribution is -2.26. The van der Waals surface area contributed by atoms with E-state index in [9.17, 15) is 20.1 Å². The molecule has 1 atom stereocenters. The summed E-state index contributed by atoms with van der Waals surface area (Å²) < 4.78 is 5.26. The molecular formula is C16H30O5. The Morgan fingerprint density at radius 2 is 1.67 bits per heavy atom. The molecule has 5 heteroatoms. The van der Waals surface area contributed by atoms with Gasteiger partial charge in [0, 0.05) is 11.0 Å². The summed E-state index contributed by atoms with van der Waals surface area (Å²) >= 11 is 0. The van der Waals surface area contributed by atoms with E-state index in [1.54, 1.807) is 6.92 Å². The second-order valence-corrected chi connectivity index (χ2v) is 6.21. The largest absolute Gasteiger partial charge is 0.457 e. The first-order valence-corrected chi connectivity index (χ1v) is 7.47. The Bertz CT molecular complexity index is 341. The van der Waals surface area contributed by atoms with Crippen LogP contribution >= 0.6 is 0 Å². The zero-order valence-corrected chi connectivity index (χ0v) is 13.7. The SMILES string of the molecule is CC(C)=C(C)C(=O)OC(CO)CCCCC(C)(CO)CO. The second-order valence-electron chi connectivity index (χ2n) is 6.21. The van der Waals surface area contributed by atoms with E-state index in [-0.39, 0.29) is 25.8 Å². The Hall–Kier alpha value is -0.910. The second kappa shape index (κ2) is 9.92. The number of hydrogen-bond donors (Lipinski definition) is 3. The van der Waals surface area contributed by atoms with Crippen molar-refractivity contribution in [3.05, 3.63) is 11.1 Å². The molecule has 0 saturated heterocycles. The number of carbonyl (C=O) groups is 1. The lowest BCUT2D eigenvalue weighted by molar-refractivity contribution is -0.146. The summed E-state index contributed by atoms with van der Waals surface area (Å²) in [5.74, 6) is -0.385. The molecule has 0 rings (SSSR count). The van der Waals surface area contributed by atoms with Crippen LogP contribution in [0.15, 0.2) is 11.1 Å². The average Bonchev–Trinajstić information content (AvgIpc) is 2.48. The highest BCUT2D eigenvalue weighted by Gasteiger charge is 2.22. The van der Waals surface area contributed by atoms with Gasteiger partial charge in [0.05, 0.1) is 19.8 Å². The van der Waals surface area contributed by atoms with E-state index >= 15 is 0 Å². The smallest absolute Gasteiger partial charge is 0.333 e. The van der Waals surface area contributed by atoms with E-state index in [1.165, 1.54) is 0 Å². The van der Waals surface area contributed by atoms with Gasteiger partial charge in [0.25, 0.3) is 0 Å². The van der Waals surface area contributed by atoms with Crippen molar-refractivity contribution in [3.63, 3.8) is 0 Å². The predicted octanol–water partition coefficient (Wildman–Crippen LogP) is 1.80. The van der Waals surface area contributed by atoms with Crippen molar-refractivity contribution < 1.29 is 24.9 Å². The molecule has 0 aliphatic carbocycles. The van der Waals surface area contributed by atoms with Gasteiger partial charge >= 0.3 is 5.97 Å². The van der Waals surface area contributed by atoms with Gasteiger partial charge in [0.2, 0.25) is 0 Å². The van der Waals surface area contributed by atoms with Crippen LogP contribution in [-0.2, 0) is 9.53 Å². The lowest BCUT2D eigenvalue weighted by Gasteiger charge is -2.24. The Labute approximate surface area is 127 Å². The highest BCUT2D eigenvalue weighted by atomic mass is 16.6. The zero-order chi connectivity index (χ0) is 16.5. The van der Waals surface area contributed by atoms with Gasteiger partial charge < -0.3 is 20.1 Å². The van der Waals surface area contributed by atoms with Gasteiger partial charge in [0.1, 0.15) is 6.10 Å². The molecule has 0 aromatic carbocycles. The highest BCUT2D eigenvalue weighted by molar-refractivity contribution is 5.88. The lowest BCUT2D eigenvalue weighted by atomic mass is 9.86. The quantitative estimate of drug-likeness (QED) is 0.325. The van der Waals surface area contributed by atoms with E-state index in [1.807, 2.05) is 20.8 Å². The molecule has 0 radical (unpaired) electrons. The Kier molecular flexibility index (Phi) is 9.49. The number of rotatable bonds is 10. The van der Waals surface area contributed by atoms with Crippen LogP contribution in [0.4, 0.5) is 0 Å². The Morgan fingerprint density at radius 3 is 2.10 bits per heavy atom. The molecular weight excluding hydrogens is 272 g/mol. The fraction of sp³-hybridized carbons (Fsp3) is 0.812. The third kappa shape index (κ3) is 7.60. The molecule has 0 aromatic rings. The van der Waals surface area contributed by atoms with Gasteiger partial charge in [-0.2, -0.15) is 0 Å². The van der Waals surface area contributed by atoms with Crippen LogP contribution in [-0.4, -0.2) is 47.2 Å². The summed E-state index contributed by atoms with van der Waals surface area (Å²) in [5, 5.41) is 27.7. The van der Waals surface area contributed by atoms with Crippen molar-refractivity contribution >= 4 is 5.97 Å². The zero-order valence-electron chi connectivity index (χ0n) is 13.7. The minimum absolute atomic E-state index is 0.0539. The summed E-state index contributed by atoms with van der Waals surface area (Å²) in [7, 11) is 0. The number of carbonyl (C=O) groups excluding carboxylic acids is 1. The minimum Gasteiger partial charge on any atom is -0.457 e. The first kappa shape index (κ1) is 20.1. The molecule has 0 spiro atoms. The Morgan fingerprint density at radius 1 is 1.10 bits per heavy atom. The molecule has 21 heavy (non-hydrogen) atoms. The van der Waals surface area contributed by atoms with Crippen molar-refractivity contribution in [2.45, 2.75) is 59.5 Å². The number of unbranched alkanes of at least 4 members (excludes halogenated alkanes) is 1. The van der Waals surface area contributed by atoms with Crippen LogP contribution in [0.3, 0.4) is 0 Å². The number of allylic oxidation sites excluding steroid dienone is 1. The molecule has 0 aliphatic rings. The van der Waals surface area contributed by atoms with Gasteiger partial charge in [0.15, 0.2) is 0 Å². The Balaban J connectivity index is 4.18. The molecule has 0 bridgehead atoms. The summed E-state index contributed by atoms with van der Waals surface area (Å²) in [4.78, 5) is 11.8. The maximum absolute atomic E-state index is 11.8. The van der Waals surface area contributed by atoms with Crippen LogP contribution in [0.25, 0.3) is 0 Å². The van der Waals surface area contributed by atoms with Crippen molar-refractivity contribution in [1.29, 1.82) is 0 Å². The fourth-order valence-electron chi connectivity index (χ4n) is 1.76. The van der Waals surface area contributed by atoms with Crippen LogP contribution in [0.5, 0.6) is 0 Å². The first-order valence-electron chi connectivity index (χ1n) is 7.47. The van der Waals surface area contributed by atoms with Gasteiger partial charge in [-0.15, -0.1) is 0 Å². The summed E-state index contributed by atoms with van der Waals surface area (Å²) in [6.07, 6.45) is 2.33. The van der Waals surface area contributed by atoms with Crippen LogP contribution < -0.4 is 0 Å². The molecule has 1 unspecified atom stereocenters. The third-order valence-corrected chi connectivity index (χ3v) is 3.85. The van der Waals surface area contributed by atoms with Crippen molar-refractivity contribution in [2.24, 2.45) is 5.41 Å². The maximum Gasteiger partial charge on any atom is 0.333 e. The standard InChI is InChI=1S/C16H30O5/c1-12(2)13(3)15(20)21-14(9-17)7-5-6-8-16(4,10-18)11-19/h14,17-19H,5-11H2,1-4H3. The van der Waals surface area contributed by atoms with Gasteiger partial charge in [-0.1, -0.05) is 18.9 Å². The van der Waals surface area contributed by atoms with Crippen LogP contribution in [0.2, 0.25) is 0 Å². The minimum atomic E-state index is -0.499. The van der Waals surface area contributed by atoms with Crippen LogP contribution in [0.1, 0.15) is 53.4 Å². The summed E-state index contributed by atoms with van der Waals surface area (Å²) in [6.45, 7) is 6.92. The van der Waals surface area contributed by atoms with E-state index in [0.29, 0.717) is 18.4 Å². The van der Waals surface area contributed by atoms with Crippen molar-refractivity contribution in [1.82, 2.24) is 0 Å². The van der Waals surface area contributed by atoms with E-state index in [0.717, 1.165) is 18.4 Å². The van der Waals surface area contributed by atoms with Crippen LogP contribution in [0, 0.1) is 5.41 Å². The molecule has 124 valence electrons. The fourth-order valence-corrected chi connectivity index (χ4v) is 1.76. The highest BCUT2D eigenvalue weighted by Crippen LogP contribution is 2.23. The third-order valence-electron chi connectivity index (χ3n) is 3.85. The monoisotopic (exact) mass is 302 g/mol. The van der Waals surface area contributed by atoms with E-state index in [2.05, 4.69) is 0 Å². The van der Waals surface area contributed by atoms with Gasteiger partial charge in [-0.25, -0.2) is 4.79 Å². The summed E-state index contributed by atoms with van der Waals surface area (Å²) in [5.41, 5.74) is 1.00. The molecule has 0 heterocycles. The summed E-state index contributed by atoms with van der Waals surface area (Å²) in [6, 6.07) is 0.